The molecule has 1 saturated heterocycles. The molecule has 0 radical (unpaired) electrons. The van der Waals surface area contributed by atoms with Crippen LogP contribution < -0.4 is 4.74 Å². The molecule has 1 amide bonds. The molecule has 5 rings (SSSR count). The molecule has 0 bridgehead atoms. The van der Waals surface area contributed by atoms with E-state index in [2.05, 4.69) is 34.1 Å². The van der Waals surface area contributed by atoms with Gasteiger partial charge in [0.2, 0.25) is 0 Å². The minimum absolute atomic E-state index is 0.0866. The van der Waals surface area contributed by atoms with E-state index in [9.17, 15) is 15.0 Å². The lowest BCUT2D eigenvalue weighted by molar-refractivity contribution is 0.0501. The summed E-state index contributed by atoms with van der Waals surface area (Å²) in [6.45, 7) is 5.39. The Bertz CT molecular complexity index is 1010. The van der Waals surface area contributed by atoms with Crippen LogP contribution in [0.1, 0.15) is 39.9 Å². The SMILES string of the molecule is O=C1c2ccc(CN3CCCC3CO)cc2OCCN1CC(O)CN1CCc2ccccc2C1. The fraction of sp³-hybridized carbons (Fsp3) is 0.519. The fourth-order valence-electron chi connectivity index (χ4n) is 5.54. The van der Waals surface area contributed by atoms with Crippen molar-refractivity contribution < 1.29 is 19.7 Å². The summed E-state index contributed by atoms with van der Waals surface area (Å²) >= 11 is 0. The molecule has 2 unspecified atom stereocenters. The van der Waals surface area contributed by atoms with Gasteiger partial charge in [0.1, 0.15) is 12.4 Å². The van der Waals surface area contributed by atoms with Crippen LogP contribution in [0.4, 0.5) is 0 Å². The quantitative estimate of drug-likeness (QED) is 0.651. The summed E-state index contributed by atoms with van der Waals surface area (Å²) in [4.78, 5) is 19.5. The molecule has 3 aliphatic rings. The number of hydrogen-bond donors (Lipinski definition) is 2. The van der Waals surface area contributed by atoms with E-state index in [-0.39, 0.29) is 18.6 Å². The molecule has 2 aromatic rings. The smallest absolute Gasteiger partial charge is 0.257 e. The largest absolute Gasteiger partial charge is 0.491 e. The van der Waals surface area contributed by atoms with Crippen LogP contribution in [-0.4, -0.2) is 88.9 Å². The van der Waals surface area contributed by atoms with Gasteiger partial charge in [0.05, 0.1) is 24.8 Å². The predicted molar refractivity (Wildman–Crippen MR) is 130 cm³/mol. The van der Waals surface area contributed by atoms with Crippen molar-refractivity contribution in [1.82, 2.24) is 14.7 Å². The van der Waals surface area contributed by atoms with Gasteiger partial charge in [-0.3, -0.25) is 14.6 Å². The second-order valence-corrected chi connectivity index (χ2v) is 9.79. The Hall–Kier alpha value is -2.45. The first-order valence-corrected chi connectivity index (χ1v) is 12.5. The Kier molecular flexibility index (Phi) is 7.15. The zero-order chi connectivity index (χ0) is 23.5. The number of benzene rings is 2. The van der Waals surface area contributed by atoms with Crippen LogP contribution in [-0.2, 0) is 19.5 Å². The third-order valence-corrected chi connectivity index (χ3v) is 7.39. The molecule has 1 fully saturated rings. The lowest BCUT2D eigenvalue weighted by atomic mass is 10.00. The van der Waals surface area contributed by atoms with Crippen LogP contribution in [0, 0.1) is 0 Å². The van der Waals surface area contributed by atoms with Crippen molar-refractivity contribution >= 4 is 5.91 Å². The second-order valence-electron chi connectivity index (χ2n) is 9.79. The molecular formula is C27H35N3O4. The number of carbonyl (C=O) groups is 1. The molecule has 2 N–H and O–H groups in total. The number of aliphatic hydroxyl groups excluding tert-OH is 2. The third-order valence-electron chi connectivity index (χ3n) is 7.39. The molecule has 7 heteroatoms. The van der Waals surface area contributed by atoms with Crippen molar-refractivity contribution in [3.8, 4) is 5.75 Å². The van der Waals surface area contributed by atoms with Gasteiger partial charge >= 0.3 is 0 Å². The summed E-state index contributed by atoms with van der Waals surface area (Å²) in [6, 6.07) is 14.5. The average Bonchev–Trinajstić information content (AvgIpc) is 3.24. The minimum atomic E-state index is -0.611. The van der Waals surface area contributed by atoms with Gasteiger partial charge in [-0.15, -0.1) is 0 Å². The molecule has 3 heterocycles. The van der Waals surface area contributed by atoms with Gasteiger partial charge in [-0.25, -0.2) is 0 Å². The Morgan fingerprint density at radius 1 is 1.06 bits per heavy atom. The number of likely N-dealkylation sites (tertiary alicyclic amines) is 1. The van der Waals surface area contributed by atoms with Crippen molar-refractivity contribution in [3.63, 3.8) is 0 Å². The molecule has 0 saturated carbocycles. The van der Waals surface area contributed by atoms with Gasteiger partial charge in [0.15, 0.2) is 0 Å². The van der Waals surface area contributed by atoms with Gasteiger partial charge in [-0.05, 0) is 54.6 Å². The number of amides is 1. The molecule has 0 spiro atoms. The molecular weight excluding hydrogens is 430 g/mol. The number of carbonyl (C=O) groups excluding carboxylic acids is 1. The monoisotopic (exact) mass is 465 g/mol. The average molecular weight is 466 g/mol. The third kappa shape index (κ3) is 5.13. The van der Waals surface area contributed by atoms with Crippen LogP contribution in [0.2, 0.25) is 0 Å². The highest BCUT2D eigenvalue weighted by Crippen LogP contribution is 2.27. The van der Waals surface area contributed by atoms with E-state index < -0.39 is 6.10 Å². The first-order chi connectivity index (χ1) is 16.6. The molecule has 182 valence electrons. The van der Waals surface area contributed by atoms with Gasteiger partial charge in [-0.1, -0.05) is 30.3 Å². The van der Waals surface area contributed by atoms with Crippen LogP contribution in [0.15, 0.2) is 42.5 Å². The van der Waals surface area contributed by atoms with E-state index in [0.29, 0.717) is 37.6 Å². The lowest BCUT2D eigenvalue weighted by Crippen LogP contribution is -2.44. The summed E-state index contributed by atoms with van der Waals surface area (Å²) < 4.78 is 5.96. The Morgan fingerprint density at radius 3 is 2.76 bits per heavy atom. The maximum atomic E-state index is 13.3. The number of rotatable bonds is 7. The zero-order valence-electron chi connectivity index (χ0n) is 19.7. The summed E-state index contributed by atoms with van der Waals surface area (Å²) in [5, 5.41) is 20.4. The van der Waals surface area contributed by atoms with E-state index in [1.807, 2.05) is 18.2 Å². The van der Waals surface area contributed by atoms with Crippen molar-refractivity contribution in [2.24, 2.45) is 0 Å². The van der Waals surface area contributed by atoms with E-state index in [0.717, 1.165) is 51.0 Å². The van der Waals surface area contributed by atoms with Crippen LogP contribution in [0.25, 0.3) is 0 Å². The zero-order valence-corrected chi connectivity index (χ0v) is 19.7. The number of hydrogen-bond acceptors (Lipinski definition) is 6. The van der Waals surface area contributed by atoms with Crippen LogP contribution in [0.5, 0.6) is 5.75 Å². The van der Waals surface area contributed by atoms with E-state index in [1.165, 1.54) is 11.1 Å². The highest BCUT2D eigenvalue weighted by atomic mass is 16.5. The second kappa shape index (κ2) is 10.4. The standard InChI is InChI=1S/C27H35N3O4/c31-19-23-6-3-10-29(23)15-20-7-8-25-26(14-20)34-13-12-30(27(25)33)18-24(32)17-28-11-9-21-4-1-2-5-22(21)16-28/h1-2,4-5,7-8,14,23-24,31-32H,3,6,9-13,15-19H2. The highest BCUT2D eigenvalue weighted by Gasteiger charge is 2.28. The summed E-state index contributed by atoms with van der Waals surface area (Å²) in [5.74, 6) is 0.531. The molecule has 0 aromatic heterocycles. The van der Waals surface area contributed by atoms with E-state index in [1.54, 1.807) is 4.90 Å². The Morgan fingerprint density at radius 2 is 1.91 bits per heavy atom. The fourth-order valence-corrected chi connectivity index (χ4v) is 5.54. The van der Waals surface area contributed by atoms with Crippen LogP contribution >= 0.6 is 0 Å². The van der Waals surface area contributed by atoms with Crippen molar-refractivity contribution in [1.29, 1.82) is 0 Å². The molecule has 34 heavy (non-hydrogen) atoms. The predicted octanol–water partition coefficient (Wildman–Crippen LogP) is 1.90. The highest BCUT2D eigenvalue weighted by molar-refractivity contribution is 5.97. The molecule has 2 aromatic carbocycles. The summed E-state index contributed by atoms with van der Waals surface area (Å²) in [7, 11) is 0. The Labute approximate surface area is 201 Å². The molecule has 0 aliphatic carbocycles. The minimum Gasteiger partial charge on any atom is -0.491 e. The normalized spacial score (nSPS) is 22.1. The van der Waals surface area contributed by atoms with Crippen molar-refractivity contribution in [2.75, 3.05) is 45.9 Å². The number of ether oxygens (including phenoxy) is 1. The summed E-state index contributed by atoms with van der Waals surface area (Å²) in [6.07, 6.45) is 2.51. The van der Waals surface area contributed by atoms with Gasteiger partial charge in [0.25, 0.3) is 5.91 Å². The molecule has 7 nitrogen and oxygen atoms in total. The van der Waals surface area contributed by atoms with Crippen molar-refractivity contribution in [2.45, 2.75) is 44.5 Å². The maximum absolute atomic E-state index is 13.3. The van der Waals surface area contributed by atoms with Gasteiger partial charge < -0.3 is 19.8 Å². The van der Waals surface area contributed by atoms with E-state index in [4.69, 9.17) is 4.74 Å². The lowest BCUT2D eigenvalue weighted by Gasteiger charge is -2.32. The first-order valence-electron chi connectivity index (χ1n) is 12.5. The number of aliphatic hydroxyl groups is 2. The topological polar surface area (TPSA) is 76.5 Å². The number of fused-ring (bicyclic) bond motifs is 2. The number of nitrogens with zero attached hydrogens (tertiary/aromatic N) is 3. The van der Waals surface area contributed by atoms with Gasteiger partial charge in [-0.2, -0.15) is 0 Å². The first kappa shape index (κ1) is 23.3. The van der Waals surface area contributed by atoms with Gasteiger partial charge in [0, 0.05) is 38.8 Å². The van der Waals surface area contributed by atoms with Crippen molar-refractivity contribution in [3.05, 3.63) is 64.7 Å². The molecule has 3 aliphatic heterocycles. The maximum Gasteiger partial charge on any atom is 0.257 e. The van der Waals surface area contributed by atoms with E-state index >= 15 is 0 Å². The number of β-amino-alcohol motifs (C(OH)–C–C–N with tert-alkyl or cyclic N) is 1. The molecule has 2 atom stereocenters. The van der Waals surface area contributed by atoms with Crippen LogP contribution in [0.3, 0.4) is 0 Å². The summed E-state index contributed by atoms with van der Waals surface area (Å²) in [5.41, 5.74) is 4.36. The Balaban J connectivity index is 1.20.